The molecule has 2 N–H and O–H groups in total. The molecule has 0 aromatic carbocycles. The summed E-state index contributed by atoms with van der Waals surface area (Å²) in [5, 5.41) is 18.6. The van der Waals surface area contributed by atoms with E-state index in [1.165, 1.54) is 4.90 Å². The number of ether oxygens (including phenoxy) is 1. The zero-order valence-electron chi connectivity index (χ0n) is 11.0. The van der Waals surface area contributed by atoms with Gasteiger partial charge in [0.15, 0.2) is 9.84 Å². The lowest BCUT2D eigenvalue weighted by Crippen LogP contribution is -2.45. The number of carbonyl (C=O) groups is 1. The zero-order chi connectivity index (χ0) is 14.5. The molecule has 1 aliphatic heterocycles. The molecule has 8 heteroatoms. The average molecular weight is 295 g/mol. The Morgan fingerprint density at radius 1 is 1.53 bits per heavy atom. The van der Waals surface area contributed by atoms with Crippen molar-refractivity contribution in [2.75, 3.05) is 37.8 Å². The van der Waals surface area contributed by atoms with E-state index in [4.69, 9.17) is 9.84 Å². The van der Waals surface area contributed by atoms with Crippen LogP contribution in [0, 0.1) is 0 Å². The van der Waals surface area contributed by atoms with Crippen molar-refractivity contribution in [1.82, 2.24) is 4.90 Å². The number of aliphatic carboxylic acids is 1. The summed E-state index contributed by atoms with van der Waals surface area (Å²) in [6.07, 6.45) is -0.403. The van der Waals surface area contributed by atoms with Gasteiger partial charge in [0.2, 0.25) is 0 Å². The van der Waals surface area contributed by atoms with Crippen molar-refractivity contribution in [2.45, 2.75) is 25.5 Å². The molecule has 7 nitrogen and oxygen atoms in total. The molecule has 112 valence electrons. The molecule has 1 rings (SSSR count). The summed E-state index contributed by atoms with van der Waals surface area (Å²) in [4.78, 5) is 12.3. The number of nitrogens with zero attached hydrogens (tertiary/aromatic N) is 1. The molecule has 0 bridgehead atoms. The first-order valence-electron chi connectivity index (χ1n) is 6.26. The highest BCUT2D eigenvalue weighted by molar-refractivity contribution is 7.91. The standard InChI is InChI=1S/C11H21NO6S/c1-2-18-7-10(13)5-12(6-11(14)15)9-3-4-19(16,17)8-9/h9-10,13H,2-8H2,1H3,(H,14,15). The lowest BCUT2D eigenvalue weighted by molar-refractivity contribution is -0.139. The lowest BCUT2D eigenvalue weighted by Gasteiger charge is -2.28. The number of hydrogen-bond acceptors (Lipinski definition) is 6. The number of carboxylic acids is 1. The molecule has 0 radical (unpaired) electrons. The number of aliphatic hydroxyl groups is 1. The Morgan fingerprint density at radius 3 is 2.68 bits per heavy atom. The van der Waals surface area contributed by atoms with Crippen molar-refractivity contribution in [3.8, 4) is 0 Å². The van der Waals surface area contributed by atoms with Gasteiger partial charge in [0.25, 0.3) is 0 Å². The maximum Gasteiger partial charge on any atom is 0.317 e. The summed E-state index contributed by atoms with van der Waals surface area (Å²) in [5.74, 6) is -0.996. The predicted molar refractivity (Wildman–Crippen MR) is 68.8 cm³/mol. The van der Waals surface area contributed by atoms with Crippen molar-refractivity contribution in [1.29, 1.82) is 0 Å². The molecule has 19 heavy (non-hydrogen) atoms. The molecule has 1 heterocycles. The van der Waals surface area contributed by atoms with Gasteiger partial charge in [0, 0.05) is 19.2 Å². The molecule has 0 spiro atoms. The molecular formula is C11H21NO6S. The quantitative estimate of drug-likeness (QED) is 0.589. The second kappa shape index (κ2) is 7.18. The maximum atomic E-state index is 11.4. The highest BCUT2D eigenvalue weighted by Gasteiger charge is 2.33. The van der Waals surface area contributed by atoms with E-state index in [0.717, 1.165) is 0 Å². The summed E-state index contributed by atoms with van der Waals surface area (Å²) in [6.45, 7) is 2.21. The van der Waals surface area contributed by atoms with E-state index >= 15 is 0 Å². The fraction of sp³-hybridized carbons (Fsp3) is 0.909. The van der Waals surface area contributed by atoms with Gasteiger partial charge in [0.1, 0.15) is 0 Å². The SMILES string of the molecule is CCOCC(O)CN(CC(=O)O)C1CCS(=O)(=O)C1. The normalized spacial score (nSPS) is 23.6. The van der Waals surface area contributed by atoms with Crippen LogP contribution in [0.3, 0.4) is 0 Å². The smallest absolute Gasteiger partial charge is 0.317 e. The molecule has 1 aliphatic rings. The van der Waals surface area contributed by atoms with Crippen LogP contribution < -0.4 is 0 Å². The van der Waals surface area contributed by atoms with Crippen LogP contribution in [0.4, 0.5) is 0 Å². The molecule has 0 aromatic heterocycles. The van der Waals surface area contributed by atoms with Gasteiger partial charge in [-0.2, -0.15) is 0 Å². The van der Waals surface area contributed by atoms with Gasteiger partial charge in [-0.1, -0.05) is 0 Å². The molecular weight excluding hydrogens is 274 g/mol. The Balaban J connectivity index is 2.59. The van der Waals surface area contributed by atoms with Crippen molar-refractivity contribution in [3.63, 3.8) is 0 Å². The second-order valence-electron chi connectivity index (χ2n) is 4.69. The molecule has 2 atom stereocenters. The van der Waals surface area contributed by atoms with Crippen molar-refractivity contribution in [3.05, 3.63) is 0 Å². The van der Waals surface area contributed by atoms with E-state index in [-0.39, 0.29) is 37.2 Å². The number of sulfone groups is 1. The summed E-state index contributed by atoms with van der Waals surface area (Å²) >= 11 is 0. The topological polar surface area (TPSA) is 104 Å². The monoisotopic (exact) mass is 295 g/mol. The Hall–Kier alpha value is -0.700. The highest BCUT2D eigenvalue weighted by atomic mass is 32.2. The van der Waals surface area contributed by atoms with E-state index < -0.39 is 21.9 Å². The third-order valence-electron chi connectivity index (χ3n) is 3.02. The van der Waals surface area contributed by atoms with Gasteiger partial charge in [-0.25, -0.2) is 8.42 Å². The Morgan fingerprint density at radius 2 is 2.21 bits per heavy atom. The minimum absolute atomic E-state index is 0.0400. The van der Waals surface area contributed by atoms with Crippen molar-refractivity contribution < 1.29 is 28.2 Å². The summed E-state index contributed by atoms with van der Waals surface area (Å²) in [5.41, 5.74) is 0. The largest absolute Gasteiger partial charge is 0.480 e. The molecule has 2 unspecified atom stereocenters. The lowest BCUT2D eigenvalue weighted by atomic mass is 10.2. The Labute approximate surface area is 113 Å². The minimum atomic E-state index is -3.08. The molecule has 0 amide bonds. The molecule has 0 saturated carbocycles. The number of aliphatic hydroxyl groups excluding tert-OH is 1. The fourth-order valence-corrected chi connectivity index (χ4v) is 3.92. The molecule has 1 saturated heterocycles. The molecule has 0 aromatic rings. The Kier molecular flexibility index (Phi) is 6.18. The summed E-state index contributed by atoms with van der Waals surface area (Å²) < 4.78 is 27.9. The predicted octanol–water partition coefficient (Wildman–Crippen LogP) is -1.04. The van der Waals surface area contributed by atoms with Crippen LogP contribution in [0.25, 0.3) is 0 Å². The number of hydrogen-bond donors (Lipinski definition) is 2. The second-order valence-corrected chi connectivity index (χ2v) is 6.92. The van der Waals surface area contributed by atoms with E-state index in [0.29, 0.717) is 13.0 Å². The van der Waals surface area contributed by atoms with Gasteiger partial charge >= 0.3 is 5.97 Å². The highest BCUT2D eigenvalue weighted by Crippen LogP contribution is 2.18. The van der Waals surface area contributed by atoms with Gasteiger partial charge in [-0.3, -0.25) is 9.69 Å². The van der Waals surface area contributed by atoms with Crippen LogP contribution in [0.1, 0.15) is 13.3 Å². The first-order chi connectivity index (χ1) is 8.84. The fourth-order valence-electron chi connectivity index (χ4n) is 2.16. The summed E-state index contributed by atoms with van der Waals surface area (Å²) in [7, 11) is -3.08. The van der Waals surface area contributed by atoms with Crippen LogP contribution >= 0.6 is 0 Å². The van der Waals surface area contributed by atoms with Crippen LogP contribution in [0.5, 0.6) is 0 Å². The third-order valence-corrected chi connectivity index (χ3v) is 4.77. The van der Waals surface area contributed by atoms with E-state index in [1.807, 2.05) is 0 Å². The molecule has 1 fully saturated rings. The van der Waals surface area contributed by atoms with Crippen molar-refractivity contribution in [2.24, 2.45) is 0 Å². The average Bonchev–Trinajstić information content (AvgIpc) is 2.65. The van der Waals surface area contributed by atoms with E-state index in [9.17, 15) is 18.3 Å². The van der Waals surface area contributed by atoms with Crippen LogP contribution in [-0.2, 0) is 19.4 Å². The Bertz CT molecular complexity index is 396. The van der Waals surface area contributed by atoms with Gasteiger partial charge < -0.3 is 14.9 Å². The first-order valence-corrected chi connectivity index (χ1v) is 8.08. The van der Waals surface area contributed by atoms with Crippen LogP contribution in [0.2, 0.25) is 0 Å². The van der Waals surface area contributed by atoms with Gasteiger partial charge in [-0.15, -0.1) is 0 Å². The van der Waals surface area contributed by atoms with Crippen molar-refractivity contribution >= 4 is 15.8 Å². The van der Waals surface area contributed by atoms with E-state index in [2.05, 4.69) is 0 Å². The van der Waals surface area contributed by atoms with Gasteiger partial charge in [0.05, 0.1) is 30.8 Å². The maximum absolute atomic E-state index is 11.4. The molecule has 0 aliphatic carbocycles. The first kappa shape index (κ1) is 16.4. The minimum Gasteiger partial charge on any atom is -0.480 e. The number of carboxylic acid groups (broad SMARTS) is 1. The van der Waals surface area contributed by atoms with Crippen LogP contribution in [-0.4, -0.2) is 79.5 Å². The third kappa shape index (κ3) is 5.85. The summed E-state index contributed by atoms with van der Waals surface area (Å²) in [6, 6.07) is -0.336. The zero-order valence-corrected chi connectivity index (χ0v) is 11.8. The van der Waals surface area contributed by atoms with E-state index in [1.54, 1.807) is 6.92 Å². The number of rotatable bonds is 8. The van der Waals surface area contributed by atoms with Gasteiger partial charge in [-0.05, 0) is 13.3 Å². The van der Waals surface area contributed by atoms with Crippen LogP contribution in [0.15, 0.2) is 0 Å².